The molecular formula is C35H54N2O3S. The van der Waals surface area contributed by atoms with E-state index < -0.39 is 0 Å². The van der Waals surface area contributed by atoms with Crippen LogP contribution in [0.25, 0.3) is 0 Å². The van der Waals surface area contributed by atoms with Crippen molar-refractivity contribution in [3.63, 3.8) is 0 Å². The second-order valence-corrected chi connectivity index (χ2v) is 11.8. The zero-order valence-electron chi connectivity index (χ0n) is 25.9. The molecule has 5 nitrogen and oxygen atoms in total. The summed E-state index contributed by atoms with van der Waals surface area (Å²) >= 11 is 1.53. The number of benzene rings is 2. The largest absolute Gasteiger partial charge is 0.494 e. The van der Waals surface area contributed by atoms with Crippen LogP contribution in [-0.2, 0) is 0 Å². The molecule has 2 aromatic carbocycles. The van der Waals surface area contributed by atoms with Crippen LogP contribution in [0.2, 0.25) is 0 Å². The van der Waals surface area contributed by atoms with Gasteiger partial charge in [0, 0.05) is 22.6 Å². The van der Waals surface area contributed by atoms with Crippen molar-refractivity contribution in [3.8, 4) is 5.75 Å². The number of thioether (sulfide) groups is 1. The fourth-order valence-electron chi connectivity index (χ4n) is 4.81. The van der Waals surface area contributed by atoms with Crippen LogP contribution in [0, 0.1) is 0 Å². The third-order valence-electron chi connectivity index (χ3n) is 7.41. The van der Waals surface area contributed by atoms with Crippen molar-refractivity contribution in [2.24, 2.45) is 0 Å². The summed E-state index contributed by atoms with van der Waals surface area (Å²) in [7, 11) is 0. The molecule has 0 atom stereocenters. The predicted molar refractivity (Wildman–Crippen MR) is 176 cm³/mol. The van der Waals surface area contributed by atoms with Gasteiger partial charge in [0.25, 0.3) is 11.8 Å². The summed E-state index contributed by atoms with van der Waals surface area (Å²) in [6, 6.07) is 12.7. The molecule has 0 aliphatic carbocycles. The Labute approximate surface area is 254 Å². The Hall–Kier alpha value is -2.47. The van der Waals surface area contributed by atoms with Crippen LogP contribution in [-0.4, -0.2) is 31.2 Å². The van der Waals surface area contributed by atoms with Crippen LogP contribution < -0.4 is 15.4 Å². The van der Waals surface area contributed by atoms with Crippen molar-refractivity contribution in [1.29, 1.82) is 0 Å². The molecule has 0 saturated carbocycles. The third-order valence-corrected chi connectivity index (χ3v) is 8.20. The normalized spacial score (nSPS) is 10.9. The van der Waals surface area contributed by atoms with Gasteiger partial charge < -0.3 is 15.4 Å². The molecule has 0 heterocycles. The molecule has 2 amide bonds. The zero-order valence-corrected chi connectivity index (χ0v) is 26.7. The van der Waals surface area contributed by atoms with E-state index in [1.807, 2.05) is 24.5 Å². The number of anilines is 1. The number of ether oxygens (including phenoxy) is 1. The Kier molecular flexibility index (Phi) is 18.8. The number of hydrogen-bond acceptors (Lipinski definition) is 4. The molecule has 2 aromatic rings. The van der Waals surface area contributed by atoms with Crippen molar-refractivity contribution in [2.75, 3.05) is 24.7 Å². The summed E-state index contributed by atoms with van der Waals surface area (Å²) in [5.41, 5.74) is 1.74. The Morgan fingerprint density at radius 1 is 0.659 bits per heavy atom. The summed E-state index contributed by atoms with van der Waals surface area (Å²) in [6.07, 6.45) is 22.7. The van der Waals surface area contributed by atoms with Crippen LogP contribution >= 0.6 is 11.8 Å². The monoisotopic (exact) mass is 582 g/mol. The molecule has 0 aliphatic rings. The number of rotatable bonds is 23. The van der Waals surface area contributed by atoms with E-state index in [2.05, 4.69) is 24.5 Å². The molecule has 228 valence electrons. The Balaban J connectivity index is 1.63. The number of nitrogens with one attached hydrogen (secondary N) is 2. The van der Waals surface area contributed by atoms with Crippen LogP contribution in [0.15, 0.2) is 47.4 Å². The van der Waals surface area contributed by atoms with Gasteiger partial charge in [-0.3, -0.25) is 9.59 Å². The maximum absolute atomic E-state index is 12.9. The minimum atomic E-state index is -0.206. The van der Waals surface area contributed by atoms with Crippen molar-refractivity contribution in [3.05, 3.63) is 53.6 Å². The van der Waals surface area contributed by atoms with E-state index in [4.69, 9.17) is 4.74 Å². The first-order valence-corrected chi connectivity index (χ1v) is 17.3. The first kappa shape index (κ1) is 34.7. The highest BCUT2D eigenvalue weighted by Crippen LogP contribution is 2.27. The molecule has 6 heteroatoms. The van der Waals surface area contributed by atoms with Gasteiger partial charge in [-0.2, -0.15) is 0 Å². The van der Waals surface area contributed by atoms with Gasteiger partial charge in [0.2, 0.25) is 0 Å². The summed E-state index contributed by atoms with van der Waals surface area (Å²) in [4.78, 5) is 26.3. The van der Waals surface area contributed by atoms with Gasteiger partial charge in [0.15, 0.2) is 0 Å². The average molecular weight is 583 g/mol. The lowest BCUT2D eigenvalue weighted by Gasteiger charge is -2.12. The molecular weight excluding hydrogens is 528 g/mol. The number of carbonyl (C=O) groups excluding carboxylic acids is 2. The Morgan fingerprint density at radius 2 is 1.20 bits per heavy atom. The number of amides is 2. The van der Waals surface area contributed by atoms with Crippen LogP contribution in [0.4, 0.5) is 5.69 Å². The second-order valence-electron chi connectivity index (χ2n) is 10.9. The minimum absolute atomic E-state index is 0.123. The number of hydrogen-bond donors (Lipinski definition) is 2. The van der Waals surface area contributed by atoms with E-state index >= 15 is 0 Å². The van der Waals surface area contributed by atoms with Crippen molar-refractivity contribution in [1.82, 2.24) is 5.32 Å². The highest BCUT2D eigenvalue weighted by Gasteiger charge is 2.13. The fraction of sp³-hybridized carbons (Fsp3) is 0.600. The predicted octanol–water partition coefficient (Wildman–Crippen LogP) is 10.1. The van der Waals surface area contributed by atoms with Gasteiger partial charge in [-0.15, -0.1) is 11.8 Å². The van der Waals surface area contributed by atoms with Crippen LogP contribution in [0.5, 0.6) is 5.75 Å². The van der Waals surface area contributed by atoms with Gasteiger partial charge in [-0.1, -0.05) is 104 Å². The average Bonchev–Trinajstić information content (AvgIpc) is 2.99. The molecule has 0 unspecified atom stereocenters. The topological polar surface area (TPSA) is 67.4 Å². The SMILES string of the molecule is CCCCCCCCCCCCCCCCOc1ccc(C(=O)Nc2cc(C(=O)NCCCC)ccc2SC)cc1. The van der Waals surface area contributed by atoms with E-state index in [1.54, 1.807) is 24.3 Å². The second kappa shape index (κ2) is 22.2. The fourth-order valence-corrected chi connectivity index (χ4v) is 5.35. The summed E-state index contributed by atoms with van der Waals surface area (Å²) < 4.78 is 5.91. The van der Waals surface area contributed by atoms with Crippen molar-refractivity contribution in [2.45, 2.75) is 121 Å². The number of carbonyl (C=O) groups is 2. The van der Waals surface area contributed by atoms with Crippen molar-refractivity contribution < 1.29 is 14.3 Å². The van der Waals surface area contributed by atoms with E-state index in [0.717, 1.165) is 29.9 Å². The van der Waals surface area contributed by atoms with E-state index in [-0.39, 0.29) is 11.8 Å². The molecule has 41 heavy (non-hydrogen) atoms. The molecule has 0 saturated heterocycles. The highest BCUT2D eigenvalue weighted by molar-refractivity contribution is 7.98. The van der Waals surface area contributed by atoms with E-state index in [9.17, 15) is 9.59 Å². The smallest absolute Gasteiger partial charge is 0.255 e. The molecule has 0 radical (unpaired) electrons. The molecule has 0 aromatic heterocycles. The van der Waals surface area contributed by atoms with Gasteiger partial charge in [-0.05, 0) is 61.6 Å². The Morgan fingerprint density at radius 3 is 1.76 bits per heavy atom. The minimum Gasteiger partial charge on any atom is -0.494 e. The van der Waals surface area contributed by atoms with Gasteiger partial charge in [0.1, 0.15) is 5.75 Å². The van der Waals surface area contributed by atoms with Crippen LogP contribution in [0.3, 0.4) is 0 Å². The maximum atomic E-state index is 12.9. The van der Waals surface area contributed by atoms with Gasteiger partial charge >= 0.3 is 0 Å². The lowest BCUT2D eigenvalue weighted by atomic mass is 10.0. The summed E-state index contributed by atoms with van der Waals surface area (Å²) in [5.74, 6) is 0.455. The first-order chi connectivity index (χ1) is 20.1. The van der Waals surface area contributed by atoms with Gasteiger partial charge in [0.05, 0.1) is 12.3 Å². The maximum Gasteiger partial charge on any atom is 0.255 e. The van der Waals surface area contributed by atoms with Crippen molar-refractivity contribution >= 4 is 29.3 Å². The summed E-state index contributed by atoms with van der Waals surface area (Å²) in [5, 5.41) is 5.91. The molecule has 0 fully saturated rings. The Bertz CT molecular complexity index is 993. The zero-order chi connectivity index (χ0) is 29.5. The molecule has 2 N–H and O–H groups in total. The first-order valence-electron chi connectivity index (χ1n) is 16.1. The van der Waals surface area contributed by atoms with E-state index in [0.29, 0.717) is 30.0 Å². The quantitative estimate of drug-likeness (QED) is 0.101. The molecule has 2 rings (SSSR count). The molecule has 0 spiro atoms. The third kappa shape index (κ3) is 14.8. The molecule has 0 aliphatic heterocycles. The molecule has 0 bridgehead atoms. The van der Waals surface area contributed by atoms with Gasteiger partial charge in [-0.25, -0.2) is 0 Å². The number of unbranched alkanes of at least 4 members (excludes halogenated alkanes) is 14. The standard InChI is InChI=1S/C35H54N2O3S/c1-4-6-8-9-10-11-12-13-14-15-16-17-18-19-27-40-31-23-20-29(21-24-31)35(39)37-32-28-30(22-25-33(32)41-3)34(38)36-26-7-5-2/h20-25,28H,4-19,26-27H2,1-3H3,(H,36,38)(H,37,39). The van der Waals surface area contributed by atoms with E-state index in [1.165, 1.54) is 95.2 Å². The van der Waals surface area contributed by atoms with Crippen LogP contribution in [0.1, 0.15) is 137 Å². The highest BCUT2D eigenvalue weighted by atomic mass is 32.2. The lowest BCUT2D eigenvalue weighted by molar-refractivity contribution is 0.0951. The lowest BCUT2D eigenvalue weighted by Crippen LogP contribution is -2.24. The summed E-state index contributed by atoms with van der Waals surface area (Å²) in [6.45, 7) is 5.72.